The molecule has 0 bridgehead atoms. The Hall–Kier alpha value is -2.49. The molecule has 0 radical (unpaired) electrons. The van der Waals surface area contributed by atoms with Crippen LogP contribution in [0.5, 0.6) is 5.75 Å². The summed E-state index contributed by atoms with van der Waals surface area (Å²) >= 11 is 13.1. The number of fused-ring (bicyclic) bond motifs is 1. The van der Waals surface area contributed by atoms with Gasteiger partial charge in [-0.3, -0.25) is 4.79 Å². The molecule has 0 unspecified atom stereocenters. The summed E-state index contributed by atoms with van der Waals surface area (Å²) in [6.45, 7) is 2.38. The first-order valence-corrected chi connectivity index (χ1v) is 10.9. The molecule has 1 N–H and O–H groups in total. The number of rotatable bonds is 6. The van der Waals surface area contributed by atoms with Gasteiger partial charge >= 0.3 is 12.1 Å². The van der Waals surface area contributed by atoms with Crippen molar-refractivity contribution >= 4 is 57.5 Å². The molecule has 3 rings (SSSR count). The van der Waals surface area contributed by atoms with E-state index in [0.29, 0.717) is 34.3 Å². The van der Waals surface area contributed by atoms with Crippen molar-refractivity contribution in [3.63, 3.8) is 0 Å². The van der Waals surface area contributed by atoms with E-state index in [1.54, 1.807) is 24.0 Å². The fraction of sp³-hybridized carbons (Fsp3) is 0.350. The van der Waals surface area contributed by atoms with Crippen LogP contribution in [-0.4, -0.2) is 49.7 Å². The predicted molar refractivity (Wildman–Crippen MR) is 117 cm³/mol. The van der Waals surface area contributed by atoms with Crippen LogP contribution in [0.15, 0.2) is 18.2 Å². The molecule has 0 spiro atoms. The Morgan fingerprint density at radius 2 is 2.03 bits per heavy atom. The molecule has 11 heteroatoms. The minimum absolute atomic E-state index is 0.277. The number of hydrogen-bond donors (Lipinski definition) is 1. The highest BCUT2D eigenvalue weighted by molar-refractivity contribution is 7.17. The fourth-order valence-corrected chi connectivity index (χ4v) is 4.81. The van der Waals surface area contributed by atoms with Crippen molar-refractivity contribution in [2.45, 2.75) is 19.9 Å². The van der Waals surface area contributed by atoms with Gasteiger partial charge in [0.25, 0.3) is 5.91 Å². The van der Waals surface area contributed by atoms with E-state index in [9.17, 15) is 14.4 Å². The number of benzene rings is 1. The summed E-state index contributed by atoms with van der Waals surface area (Å²) in [5.74, 6) is -0.721. The monoisotopic (exact) mass is 486 g/mol. The van der Waals surface area contributed by atoms with Crippen LogP contribution in [0.1, 0.15) is 27.7 Å². The van der Waals surface area contributed by atoms with Crippen LogP contribution in [0.2, 0.25) is 10.0 Å². The minimum Gasteiger partial charge on any atom is -0.482 e. The number of nitrogens with zero attached hydrogens (tertiary/aromatic N) is 1. The van der Waals surface area contributed by atoms with Crippen LogP contribution < -0.4 is 10.1 Å². The lowest BCUT2D eigenvalue weighted by Gasteiger charge is -2.26. The average molecular weight is 487 g/mol. The Morgan fingerprint density at radius 1 is 1.26 bits per heavy atom. The van der Waals surface area contributed by atoms with Crippen molar-refractivity contribution in [1.82, 2.24) is 4.90 Å². The lowest BCUT2D eigenvalue weighted by molar-refractivity contribution is -0.118. The van der Waals surface area contributed by atoms with E-state index in [1.807, 2.05) is 0 Å². The van der Waals surface area contributed by atoms with Gasteiger partial charge in [-0.2, -0.15) is 0 Å². The van der Waals surface area contributed by atoms with Crippen LogP contribution in [0.25, 0.3) is 0 Å². The van der Waals surface area contributed by atoms with E-state index in [-0.39, 0.29) is 24.8 Å². The van der Waals surface area contributed by atoms with E-state index in [2.05, 4.69) is 5.32 Å². The molecule has 2 amide bonds. The van der Waals surface area contributed by atoms with Crippen molar-refractivity contribution in [1.29, 1.82) is 0 Å². The van der Waals surface area contributed by atoms with Gasteiger partial charge in [0.15, 0.2) is 6.61 Å². The van der Waals surface area contributed by atoms with Crippen molar-refractivity contribution < 1.29 is 28.6 Å². The number of ether oxygens (including phenoxy) is 3. The van der Waals surface area contributed by atoms with Gasteiger partial charge in [-0.25, -0.2) is 9.59 Å². The van der Waals surface area contributed by atoms with E-state index < -0.39 is 18.0 Å². The number of carbonyl (C=O) groups is 3. The van der Waals surface area contributed by atoms with Crippen molar-refractivity contribution in [3.05, 3.63) is 44.2 Å². The molecule has 1 aromatic heterocycles. The highest BCUT2D eigenvalue weighted by atomic mass is 35.5. The van der Waals surface area contributed by atoms with Gasteiger partial charge < -0.3 is 24.4 Å². The van der Waals surface area contributed by atoms with Gasteiger partial charge in [-0.05, 0) is 37.1 Å². The van der Waals surface area contributed by atoms with Gasteiger partial charge in [0.05, 0.1) is 30.8 Å². The molecule has 0 saturated heterocycles. The molecule has 1 aliphatic rings. The second-order valence-corrected chi connectivity index (χ2v) is 8.43. The fourth-order valence-electron chi connectivity index (χ4n) is 3.08. The Labute approximate surface area is 193 Å². The maximum Gasteiger partial charge on any atom is 0.410 e. The number of methoxy groups -OCH3 is 1. The lowest BCUT2D eigenvalue weighted by atomic mass is 10.0. The summed E-state index contributed by atoms with van der Waals surface area (Å²) in [4.78, 5) is 39.2. The summed E-state index contributed by atoms with van der Waals surface area (Å²) in [5, 5.41) is 3.78. The van der Waals surface area contributed by atoms with E-state index in [4.69, 9.17) is 37.4 Å². The van der Waals surface area contributed by atoms with Crippen LogP contribution in [0.3, 0.4) is 0 Å². The highest BCUT2D eigenvalue weighted by Gasteiger charge is 2.31. The van der Waals surface area contributed by atoms with Gasteiger partial charge in [0, 0.05) is 16.4 Å². The molecule has 2 aromatic rings. The number of amides is 2. The summed E-state index contributed by atoms with van der Waals surface area (Å²) in [6, 6.07) is 4.67. The van der Waals surface area contributed by atoms with Gasteiger partial charge in [-0.1, -0.05) is 23.2 Å². The molecule has 0 fully saturated rings. The Kier molecular flexibility index (Phi) is 7.64. The maximum absolute atomic E-state index is 12.5. The second-order valence-electron chi connectivity index (χ2n) is 6.48. The van der Waals surface area contributed by atoms with E-state index in [1.165, 1.54) is 24.5 Å². The number of nitrogens with one attached hydrogen (secondary N) is 1. The molecule has 166 valence electrons. The zero-order valence-electron chi connectivity index (χ0n) is 16.8. The Morgan fingerprint density at radius 3 is 2.71 bits per heavy atom. The standard InChI is InChI=1S/C20H20Cl2N2O6S/c1-3-29-20(27)24-7-6-12-15(9-24)31-18(17(12)19(26)28-2)23-16(25)10-30-14-5-4-11(21)8-13(14)22/h4-5,8H,3,6-7,9-10H2,1-2H3,(H,23,25). The molecule has 2 heterocycles. The van der Waals surface area contributed by atoms with E-state index >= 15 is 0 Å². The first-order chi connectivity index (χ1) is 14.8. The third kappa shape index (κ3) is 5.41. The van der Waals surface area contributed by atoms with Crippen molar-refractivity contribution in [3.8, 4) is 5.75 Å². The van der Waals surface area contributed by atoms with Crippen LogP contribution in [0.4, 0.5) is 9.80 Å². The first kappa shape index (κ1) is 23.2. The molecule has 31 heavy (non-hydrogen) atoms. The number of thiophene rings is 1. The summed E-state index contributed by atoms with van der Waals surface area (Å²) in [5.41, 5.74) is 1.05. The third-order valence-electron chi connectivity index (χ3n) is 4.48. The van der Waals surface area contributed by atoms with Crippen molar-refractivity contribution in [2.75, 3.05) is 32.2 Å². The zero-order valence-corrected chi connectivity index (χ0v) is 19.2. The van der Waals surface area contributed by atoms with E-state index in [0.717, 1.165) is 10.4 Å². The molecule has 0 saturated carbocycles. The molecule has 0 atom stereocenters. The van der Waals surface area contributed by atoms with Crippen LogP contribution >= 0.6 is 34.5 Å². The van der Waals surface area contributed by atoms with Crippen molar-refractivity contribution in [2.24, 2.45) is 0 Å². The number of anilines is 1. The third-order valence-corrected chi connectivity index (χ3v) is 6.14. The predicted octanol–water partition coefficient (Wildman–Crippen LogP) is 4.37. The lowest BCUT2D eigenvalue weighted by Crippen LogP contribution is -2.36. The molecule has 1 aliphatic heterocycles. The Bertz CT molecular complexity index is 1010. The average Bonchev–Trinajstić information content (AvgIpc) is 3.09. The normalized spacial score (nSPS) is 12.7. The largest absolute Gasteiger partial charge is 0.482 e. The SMILES string of the molecule is CCOC(=O)N1CCc2c(sc(NC(=O)COc3ccc(Cl)cc3Cl)c2C(=O)OC)C1. The molecule has 8 nitrogen and oxygen atoms in total. The number of halogens is 2. The zero-order chi connectivity index (χ0) is 22.5. The topological polar surface area (TPSA) is 94.2 Å². The minimum atomic E-state index is -0.556. The number of esters is 1. The smallest absolute Gasteiger partial charge is 0.410 e. The summed E-state index contributed by atoms with van der Waals surface area (Å²) in [7, 11) is 1.28. The summed E-state index contributed by atoms with van der Waals surface area (Å²) in [6.07, 6.45) is 0.0296. The quantitative estimate of drug-likeness (QED) is 0.609. The van der Waals surface area contributed by atoms with Gasteiger partial charge in [0.1, 0.15) is 10.8 Å². The number of carbonyl (C=O) groups excluding carboxylic acids is 3. The second kappa shape index (κ2) is 10.2. The first-order valence-electron chi connectivity index (χ1n) is 9.36. The molecular formula is C20H20Cl2N2O6S. The Balaban J connectivity index is 1.75. The molecule has 1 aromatic carbocycles. The molecule has 0 aliphatic carbocycles. The van der Waals surface area contributed by atoms with Gasteiger partial charge in [-0.15, -0.1) is 11.3 Å². The van der Waals surface area contributed by atoms with Crippen LogP contribution in [-0.2, 0) is 27.2 Å². The number of hydrogen-bond acceptors (Lipinski definition) is 7. The maximum atomic E-state index is 12.5. The summed E-state index contributed by atoms with van der Waals surface area (Å²) < 4.78 is 15.4. The van der Waals surface area contributed by atoms with Crippen LogP contribution in [0, 0.1) is 0 Å². The molecular weight excluding hydrogens is 467 g/mol. The highest BCUT2D eigenvalue weighted by Crippen LogP contribution is 2.38. The van der Waals surface area contributed by atoms with Gasteiger partial charge in [0.2, 0.25) is 0 Å².